The van der Waals surface area contributed by atoms with Gasteiger partial charge in [0.15, 0.2) is 5.82 Å². The molecule has 3 rings (SSSR count). The van der Waals surface area contributed by atoms with E-state index in [1.54, 1.807) is 31.4 Å². The molecule has 0 aliphatic carbocycles. The van der Waals surface area contributed by atoms with E-state index in [9.17, 15) is 8.78 Å². The first-order valence-electron chi connectivity index (χ1n) is 6.41. The number of hydrogen-bond acceptors (Lipinski definition) is 4. The Morgan fingerprint density at radius 2 is 1.82 bits per heavy atom. The van der Waals surface area contributed by atoms with Gasteiger partial charge in [0.1, 0.15) is 23.1 Å². The van der Waals surface area contributed by atoms with E-state index in [2.05, 4.69) is 10.3 Å². The predicted octanol–water partition coefficient (Wildman–Crippen LogP) is 2.80. The number of halogens is 2. The third kappa shape index (κ3) is 2.37. The molecule has 0 radical (unpaired) electrons. The van der Waals surface area contributed by atoms with E-state index in [0.717, 1.165) is 18.2 Å². The number of ether oxygens (including phenoxy) is 1. The van der Waals surface area contributed by atoms with Crippen molar-refractivity contribution in [3.05, 3.63) is 54.1 Å². The van der Waals surface area contributed by atoms with E-state index in [1.807, 2.05) is 0 Å². The summed E-state index contributed by atoms with van der Waals surface area (Å²) in [6.07, 6.45) is 0. The Kier molecular flexibility index (Phi) is 3.46. The summed E-state index contributed by atoms with van der Waals surface area (Å²) in [6.45, 7) is 0. The summed E-state index contributed by atoms with van der Waals surface area (Å²) in [4.78, 5) is 0. The lowest BCUT2D eigenvalue weighted by atomic mass is 10.1. The van der Waals surface area contributed by atoms with Gasteiger partial charge in [0.25, 0.3) is 0 Å². The van der Waals surface area contributed by atoms with Gasteiger partial charge in [0.2, 0.25) is 0 Å². The van der Waals surface area contributed by atoms with Crippen LogP contribution in [0.2, 0.25) is 0 Å². The van der Waals surface area contributed by atoms with Crippen LogP contribution in [0.3, 0.4) is 0 Å². The Bertz CT molecular complexity index is 815. The highest BCUT2D eigenvalue weighted by Crippen LogP contribution is 2.28. The van der Waals surface area contributed by atoms with E-state index >= 15 is 0 Å². The average Bonchev–Trinajstić information content (AvgIpc) is 2.91. The maximum atomic E-state index is 13.8. The molecule has 1 heterocycles. The van der Waals surface area contributed by atoms with E-state index < -0.39 is 11.6 Å². The van der Waals surface area contributed by atoms with Crippen LogP contribution in [-0.2, 0) is 0 Å². The molecule has 0 saturated heterocycles. The first-order chi connectivity index (χ1) is 10.6. The SMILES string of the molecule is COc1ccc(-n2nnc(-c3cc(F)ccc3F)c2N)cc1. The molecule has 2 aromatic carbocycles. The highest BCUT2D eigenvalue weighted by Gasteiger charge is 2.17. The monoisotopic (exact) mass is 302 g/mol. The van der Waals surface area contributed by atoms with Crippen LogP contribution in [0.4, 0.5) is 14.6 Å². The number of hydrogen-bond donors (Lipinski definition) is 1. The number of nitrogen functional groups attached to an aromatic ring is 1. The molecule has 1 aromatic heterocycles. The molecular formula is C15H12F2N4O. The molecule has 112 valence electrons. The van der Waals surface area contributed by atoms with Gasteiger partial charge < -0.3 is 10.5 Å². The minimum absolute atomic E-state index is 0.0303. The van der Waals surface area contributed by atoms with Crippen LogP contribution in [0, 0.1) is 11.6 Å². The summed E-state index contributed by atoms with van der Waals surface area (Å²) in [5, 5.41) is 7.76. The third-order valence-corrected chi connectivity index (χ3v) is 3.21. The molecule has 3 aromatic rings. The van der Waals surface area contributed by atoms with Crippen molar-refractivity contribution < 1.29 is 13.5 Å². The lowest BCUT2D eigenvalue weighted by Gasteiger charge is -2.05. The summed E-state index contributed by atoms with van der Waals surface area (Å²) < 4.78 is 33.5. The molecule has 2 N–H and O–H groups in total. The molecule has 22 heavy (non-hydrogen) atoms. The quantitative estimate of drug-likeness (QED) is 0.808. The molecule has 0 fully saturated rings. The summed E-state index contributed by atoms with van der Waals surface area (Å²) in [5.74, 6) is -0.391. The zero-order valence-corrected chi connectivity index (χ0v) is 11.6. The first kappa shape index (κ1) is 14.0. The predicted molar refractivity (Wildman–Crippen MR) is 77.7 cm³/mol. The van der Waals surface area contributed by atoms with Gasteiger partial charge in [-0.05, 0) is 42.5 Å². The topological polar surface area (TPSA) is 66.0 Å². The van der Waals surface area contributed by atoms with Crippen LogP contribution in [-0.4, -0.2) is 22.1 Å². The number of rotatable bonds is 3. The number of nitrogens with zero attached hydrogens (tertiary/aromatic N) is 3. The molecule has 7 heteroatoms. The fourth-order valence-corrected chi connectivity index (χ4v) is 2.07. The Balaban J connectivity index is 2.06. The van der Waals surface area contributed by atoms with Crippen molar-refractivity contribution in [2.24, 2.45) is 0 Å². The van der Waals surface area contributed by atoms with Gasteiger partial charge in [-0.1, -0.05) is 5.21 Å². The van der Waals surface area contributed by atoms with E-state index in [1.165, 1.54) is 4.68 Å². The highest BCUT2D eigenvalue weighted by atomic mass is 19.1. The zero-order valence-electron chi connectivity index (χ0n) is 11.6. The molecule has 0 amide bonds. The smallest absolute Gasteiger partial charge is 0.156 e. The largest absolute Gasteiger partial charge is 0.497 e. The van der Waals surface area contributed by atoms with Crippen LogP contribution in [0.25, 0.3) is 16.9 Å². The second kappa shape index (κ2) is 5.44. The Morgan fingerprint density at radius 3 is 2.50 bits per heavy atom. The number of anilines is 1. The van der Waals surface area contributed by atoms with Gasteiger partial charge in [-0.15, -0.1) is 5.10 Å². The minimum Gasteiger partial charge on any atom is -0.497 e. The number of nitrogens with two attached hydrogens (primary N) is 1. The van der Waals surface area contributed by atoms with Gasteiger partial charge in [-0.25, -0.2) is 8.78 Å². The molecule has 0 aliphatic rings. The molecule has 0 bridgehead atoms. The minimum atomic E-state index is -0.616. The van der Waals surface area contributed by atoms with Crippen molar-refractivity contribution in [3.63, 3.8) is 0 Å². The van der Waals surface area contributed by atoms with Crippen molar-refractivity contribution in [2.75, 3.05) is 12.8 Å². The van der Waals surface area contributed by atoms with Crippen LogP contribution in [0.1, 0.15) is 0 Å². The van der Waals surface area contributed by atoms with Gasteiger partial charge in [-0.2, -0.15) is 4.68 Å². The molecule has 0 atom stereocenters. The molecule has 0 spiro atoms. The summed E-state index contributed by atoms with van der Waals surface area (Å²) in [5.41, 5.74) is 6.67. The lowest BCUT2D eigenvalue weighted by Crippen LogP contribution is -2.02. The van der Waals surface area contributed by atoms with Crippen LogP contribution in [0.15, 0.2) is 42.5 Å². The molecule has 0 aliphatic heterocycles. The van der Waals surface area contributed by atoms with Crippen LogP contribution < -0.4 is 10.5 Å². The fraction of sp³-hybridized carbons (Fsp3) is 0.0667. The Morgan fingerprint density at radius 1 is 1.09 bits per heavy atom. The third-order valence-electron chi connectivity index (χ3n) is 3.21. The molecular weight excluding hydrogens is 290 g/mol. The Labute approximate surface area is 124 Å². The summed E-state index contributed by atoms with van der Waals surface area (Å²) in [7, 11) is 1.56. The maximum absolute atomic E-state index is 13.8. The van der Waals surface area contributed by atoms with Crippen molar-refractivity contribution in [1.82, 2.24) is 15.0 Å². The van der Waals surface area contributed by atoms with Crippen molar-refractivity contribution >= 4 is 5.82 Å². The van der Waals surface area contributed by atoms with E-state index in [4.69, 9.17) is 10.5 Å². The normalized spacial score (nSPS) is 10.7. The van der Waals surface area contributed by atoms with Crippen molar-refractivity contribution in [1.29, 1.82) is 0 Å². The zero-order chi connectivity index (χ0) is 15.7. The maximum Gasteiger partial charge on any atom is 0.156 e. The van der Waals surface area contributed by atoms with E-state index in [0.29, 0.717) is 11.4 Å². The Hall–Kier alpha value is -2.96. The van der Waals surface area contributed by atoms with Gasteiger partial charge in [0.05, 0.1) is 12.8 Å². The van der Waals surface area contributed by atoms with E-state index in [-0.39, 0.29) is 17.1 Å². The second-order valence-electron chi connectivity index (χ2n) is 4.56. The fourth-order valence-electron chi connectivity index (χ4n) is 2.07. The summed E-state index contributed by atoms with van der Waals surface area (Å²) >= 11 is 0. The summed E-state index contributed by atoms with van der Waals surface area (Å²) in [6, 6.07) is 10.0. The van der Waals surface area contributed by atoms with Gasteiger partial charge >= 0.3 is 0 Å². The van der Waals surface area contributed by atoms with Crippen LogP contribution in [0.5, 0.6) is 5.75 Å². The second-order valence-corrected chi connectivity index (χ2v) is 4.56. The lowest BCUT2D eigenvalue weighted by molar-refractivity contribution is 0.414. The first-order valence-corrected chi connectivity index (χ1v) is 6.41. The molecule has 0 saturated carbocycles. The standard InChI is InChI=1S/C15H12F2N4O/c1-22-11-5-3-10(4-6-11)21-15(18)14(19-20-21)12-8-9(16)2-7-13(12)17/h2-8H,18H2,1H3. The van der Waals surface area contributed by atoms with Gasteiger partial charge in [-0.3, -0.25) is 0 Å². The van der Waals surface area contributed by atoms with Crippen LogP contribution >= 0.6 is 0 Å². The highest BCUT2D eigenvalue weighted by molar-refractivity contribution is 5.71. The number of benzene rings is 2. The molecule has 0 unspecified atom stereocenters. The average molecular weight is 302 g/mol. The number of methoxy groups -OCH3 is 1. The molecule has 5 nitrogen and oxygen atoms in total. The number of aromatic nitrogens is 3. The van der Waals surface area contributed by atoms with Gasteiger partial charge in [0, 0.05) is 5.56 Å². The van der Waals surface area contributed by atoms with Crippen molar-refractivity contribution in [3.8, 4) is 22.7 Å². The van der Waals surface area contributed by atoms with Crippen molar-refractivity contribution in [2.45, 2.75) is 0 Å².